The summed E-state index contributed by atoms with van der Waals surface area (Å²) in [6.07, 6.45) is 3.54. The van der Waals surface area contributed by atoms with Gasteiger partial charge in [-0.15, -0.1) is 11.1 Å². The zero-order chi connectivity index (χ0) is 14.8. The Labute approximate surface area is 121 Å². The molecule has 108 valence electrons. The Morgan fingerprint density at radius 3 is 2.90 bits per heavy atom. The van der Waals surface area contributed by atoms with Crippen LogP contribution in [0.2, 0.25) is 0 Å². The maximum atomic E-state index is 11.9. The van der Waals surface area contributed by atoms with Crippen LogP contribution in [0, 0.1) is 0 Å². The molecule has 0 saturated carbocycles. The topological polar surface area (TPSA) is 55.4 Å². The van der Waals surface area contributed by atoms with E-state index in [2.05, 4.69) is 11.9 Å². The number of nitrogens with one attached hydrogen (secondary N) is 1. The maximum Gasteiger partial charge on any atom is 0.548 e. The summed E-state index contributed by atoms with van der Waals surface area (Å²) in [5.74, 6) is 0.0107. The number of aryl methyl sites for hydroxylation is 1. The summed E-state index contributed by atoms with van der Waals surface area (Å²) in [7, 11) is -1.80. The monoisotopic (exact) mass is 294 g/mol. The lowest BCUT2D eigenvalue weighted by Crippen LogP contribution is -2.23. The zero-order valence-corrected chi connectivity index (χ0v) is 12.7. The van der Waals surface area contributed by atoms with Gasteiger partial charge < -0.3 is 5.32 Å². The number of hydrogen-bond acceptors (Lipinski definition) is 3. The van der Waals surface area contributed by atoms with E-state index in [4.69, 9.17) is 4.52 Å². The molecule has 0 bridgehead atoms. The van der Waals surface area contributed by atoms with Crippen molar-refractivity contribution in [2.24, 2.45) is 0 Å². The van der Waals surface area contributed by atoms with Crippen LogP contribution in [0.15, 0.2) is 36.9 Å². The molecule has 0 saturated heterocycles. The highest BCUT2D eigenvalue weighted by atomic mass is 31.1. The second-order valence-corrected chi connectivity index (χ2v) is 5.50. The molecule has 4 nitrogen and oxygen atoms in total. The highest BCUT2D eigenvalue weighted by molar-refractivity contribution is 7.48. The molecule has 1 aromatic carbocycles. The van der Waals surface area contributed by atoms with Crippen LogP contribution in [0.1, 0.15) is 25.3 Å². The quantitative estimate of drug-likeness (QED) is 0.563. The van der Waals surface area contributed by atoms with Crippen LogP contribution in [-0.4, -0.2) is 19.1 Å². The van der Waals surface area contributed by atoms with Gasteiger partial charge in [0.2, 0.25) is 11.2 Å². The number of amides is 1. The largest absolute Gasteiger partial charge is 0.548 e. The first-order valence-electron chi connectivity index (χ1n) is 6.74. The summed E-state index contributed by atoms with van der Waals surface area (Å²) < 4.78 is 17.1. The molecule has 0 aliphatic rings. The molecular weight excluding hydrogens is 273 g/mol. The molecule has 1 atom stereocenters. The second kappa shape index (κ2) is 9.40. The average Bonchev–Trinajstić information content (AvgIpc) is 2.46. The Hall–Kier alpha value is -1.51. The van der Waals surface area contributed by atoms with E-state index in [1.54, 1.807) is 6.08 Å². The van der Waals surface area contributed by atoms with Gasteiger partial charge in [0.25, 0.3) is 0 Å². The van der Waals surface area contributed by atoms with Crippen LogP contribution in [-0.2, 0) is 20.3 Å². The van der Waals surface area contributed by atoms with Gasteiger partial charge in [0.15, 0.2) is 0 Å². The fourth-order valence-corrected chi connectivity index (χ4v) is 2.80. The van der Waals surface area contributed by atoms with Crippen molar-refractivity contribution in [2.45, 2.75) is 26.2 Å². The average molecular weight is 294 g/mol. The normalized spacial score (nSPS) is 10.9. The Morgan fingerprint density at radius 2 is 2.20 bits per heavy atom. The molecular formula is C15H21NO3P+. The third-order valence-corrected chi connectivity index (χ3v) is 4.05. The maximum absolute atomic E-state index is 11.9. The van der Waals surface area contributed by atoms with Crippen molar-refractivity contribution in [3.8, 4) is 0 Å². The smallest absolute Gasteiger partial charge is 0.353 e. The molecule has 1 rings (SSSR count). The van der Waals surface area contributed by atoms with E-state index < -0.39 is 8.03 Å². The standard InChI is InChI=1S/C15H20NO3P/c1-3-12-16-15(17)11-7-9-13-8-5-6-10-14(13)20(18)19-4-2/h3,5-6,8,10H,1,4,7,9,11-12H2,2H3/p+1. The minimum atomic E-state index is -1.80. The minimum absolute atomic E-state index is 0.0107. The Bertz CT molecular complexity index is 474. The molecule has 0 fully saturated rings. The van der Waals surface area contributed by atoms with E-state index in [0.717, 1.165) is 17.3 Å². The first kappa shape index (κ1) is 16.5. The molecule has 1 unspecified atom stereocenters. The summed E-state index contributed by atoms with van der Waals surface area (Å²) in [5.41, 5.74) is 0.985. The van der Waals surface area contributed by atoms with Gasteiger partial charge in [0.05, 0.1) is 0 Å². The molecule has 1 N–H and O–H groups in total. The molecule has 1 aromatic rings. The van der Waals surface area contributed by atoms with E-state index >= 15 is 0 Å². The molecule has 0 heterocycles. The van der Waals surface area contributed by atoms with Crippen molar-refractivity contribution in [3.63, 3.8) is 0 Å². The van der Waals surface area contributed by atoms with Crippen LogP contribution in [0.4, 0.5) is 0 Å². The third-order valence-electron chi connectivity index (χ3n) is 2.73. The number of rotatable bonds is 9. The number of carbonyl (C=O) groups excluding carboxylic acids is 1. The van der Waals surface area contributed by atoms with Gasteiger partial charge in [0.1, 0.15) is 6.61 Å². The van der Waals surface area contributed by atoms with Gasteiger partial charge in [-0.3, -0.25) is 4.79 Å². The summed E-state index contributed by atoms with van der Waals surface area (Å²) in [5, 5.41) is 3.47. The van der Waals surface area contributed by atoms with E-state index in [9.17, 15) is 9.36 Å². The van der Waals surface area contributed by atoms with Crippen LogP contribution in [0.25, 0.3) is 0 Å². The molecule has 20 heavy (non-hydrogen) atoms. The van der Waals surface area contributed by atoms with E-state index in [1.807, 2.05) is 31.2 Å². The van der Waals surface area contributed by atoms with Crippen LogP contribution in [0.3, 0.4) is 0 Å². The van der Waals surface area contributed by atoms with Crippen molar-refractivity contribution in [3.05, 3.63) is 42.5 Å². The lowest BCUT2D eigenvalue weighted by Gasteiger charge is -2.03. The van der Waals surface area contributed by atoms with Crippen molar-refractivity contribution in [2.75, 3.05) is 13.2 Å². The molecule has 0 aliphatic carbocycles. The number of hydrogen-bond donors (Lipinski definition) is 1. The van der Waals surface area contributed by atoms with Crippen LogP contribution >= 0.6 is 8.03 Å². The summed E-state index contributed by atoms with van der Waals surface area (Å²) >= 11 is 0. The Balaban J connectivity index is 2.53. The van der Waals surface area contributed by atoms with Crippen molar-refractivity contribution < 1.29 is 13.9 Å². The summed E-state index contributed by atoms with van der Waals surface area (Å²) in [6.45, 7) is 6.28. The van der Waals surface area contributed by atoms with Gasteiger partial charge >= 0.3 is 8.03 Å². The minimum Gasteiger partial charge on any atom is -0.353 e. The van der Waals surface area contributed by atoms with E-state index in [-0.39, 0.29) is 5.91 Å². The predicted molar refractivity (Wildman–Crippen MR) is 81.5 cm³/mol. The van der Waals surface area contributed by atoms with Gasteiger partial charge in [-0.25, -0.2) is 0 Å². The molecule has 0 spiro atoms. The lowest BCUT2D eigenvalue weighted by atomic mass is 10.1. The fourth-order valence-electron chi connectivity index (χ4n) is 1.80. The Morgan fingerprint density at radius 1 is 1.45 bits per heavy atom. The summed E-state index contributed by atoms with van der Waals surface area (Å²) in [4.78, 5) is 11.5. The van der Waals surface area contributed by atoms with Gasteiger partial charge in [-0.1, -0.05) is 24.3 Å². The molecule has 0 aliphatic heterocycles. The van der Waals surface area contributed by atoms with Crippen molar-refractivity contribution in [1.29, 1.82) is 0 Å². The Kier molecular flexibility index (Phi) is 7.78. The molecule has 0 radical (unpaired) electrons. The first-order valence-corrected chi connectivity index (χ1v) is 7.92. The van der Waals surface area contributed by atoms with Crippen LogP contribution < -0.4 is 10.6 Å². The van der Waals surface area contributed by atoms with Gasteiger partial charge in [0, 0.05) is 18.5 Å². The number of benzene rings is 1. The van der Waals surface area contributed by atoms with Crippen molar-refractivity contribution in [1.82, 2.24) is 5.32 Å². The van der Waals surface area contributed by atoms with E-state index in [0.29, 0.717) is 26.0 Å². The molecule has 1 amide bonds. The fraction of sp³-hybridized carbons (Fsp3) is 0.400. The SMILES string of the molecule is C=CCNC(=O)CCCc1ccccc1[P+](=O)OCC. The highest BCUT2D eigenvalue weighted by Gasteiger charge is 2.24. The predicted octanol–water partition coefficient (Wildman–Crippen LogP) is 2.72. The van der Waals surface area contributed by atoms with Crippen molar-refractivity contribution >= 4 is 19.2 Å². The first-order chi connectivity index (χ1) is 9.69. The van der Waals surface area contributed by atoms with Gasteiger partial charge in [-0.2, -0.15) is 0 Å². The zero-order valence-electron chi connectivity index (χ0n) is 11.8. The van der Waals surface area contributed by atoms with Crippen LogP contribution in [0.5, 0.6) is 0 Å². The van der Waals surface area contributed by atoms with E-state index in [1.165, 1.54) is 0 Å². The second-order valence-electron chi connectivity index (χ2n) is 4.25. The number of carbonyl (C=O) groups is 1. The highest BCUT2D eigenvalue weighted by Crippen LogP contribution is 2.23. The third kappa shape index (κ3) is 5.64. The lowest BCUT2D eigenvalue weighted by molar-refractivity contribution is -0.120. The van der Waals surface area contributed by atoms with Gasteiger partial charge in [-0.05, 0) is 30.4 Å². The summed E-state index contributed by atoms with van der Waals surface area (Å²) in [6, 6.07) is 7.51. The molecule has 5 heteroatoms. The molecule has 0 aromatic heterocycles.